The third-order valence-corrected chi connectivity index (χ3v) is 15.0. The minimum absolute atomic E-state index is 1.07. The highest BCUT2D eigenvalue weighted by atomic mass is 32.1. The number of anilines is 3. The molecule has 0 saturated heterocycles. The van der Waals surface area contributed by atoms with E-state index in [0.717, 1.165) is 39.3 Å². The Bertz CT molecular complexity index is 3990. The van der Waals surface area contributed by atoms with Gasteiger partial charge in [-0.1, -0.05) is 218 Å². The van der Waals surface area contributed by atoms with Gasteiger partial charge in [-0.3, -0.25) is 0 Å². The molecule has 0 aliphatic carbocycles. The first-order chi connectivity index (χ1) is 34.7. The maximum absolute atomic E-state index is 2.45. The van der Waals surface area contributed by atoms with Crippen molar-refractivity contribution >= 4 is 70.1 Å². The third-order valence-electron chi connectivity index (χ3n) is 13.8. The molecule has 1 nitrogen and oxygen atoms in total. The van der Waals surface area contributed by atoms with E-state index in [1.165, 1.54) is 86.2 Å². The van der Waals surface area contributed by atoms with Gasteiger partial charge < -0.3 is 4.90 Å². The van der Waals surface area contributed by atoms with Gasteiger partial charge in [0.2, 0.25) is 0 Å². The zero-order chi connectivity index (χ0) is 46.4. The maximum atomic E-state index is 2.45. The van der Waals surface area contributed by atoms with Crippen LogP contribution < -0.4 is 4.90 Å². The minimum atomic E-state index is 1.07. The summed E-state index contributed by atoms with van der Waals surface area (Å²) >= 11 is 1.88. The molecule has 12 aromatic carbocycles. The Kier molecular flexibility index (Phi) is 10.5. The van der Waals surface area contributed by atoms with Crippen molar-refractivity contribution in [3.63, 3.8) is 0 Å². The van der Waals surface area contributed by atoms with E-state index >= 15 is 0 Å². The standard InChI is InChI=1S/C68H45NS/c1-5-20-46(21-6-1)53-40-54(47-22-7-2-8-23-47)44-57(43-53)69(56-31-18-29-52(42-56)58-35-19-36-63-61-33-15-16-37-65(61)70-68(58)63)55-30-17-28-50(41-55)51-38-39-60-59-32-13-14-34-62(59)66(48-24-9-3-10-25-48)67(64(60)45-51)49-26-11-4-12-27-49/h1-45H. The predicted molar refractivity (Wildman–Crippen MR) is 302 cm³/mol. The molecule has 0 N–H and O–H groups in total. The van der Waals surface area contributed by atoms with Crippen molar-refractivity contribution in [3.05, 3.63) is 273 Å². The monoisotopic (exact) mass is 907 g/mol. The van der Waals surface area contributed by atoms with Gasteiger partial charge in [0.25, 0.3) is 0 Å². The fraction of sp³-hybridized carbons (Fsp3) is 0. The molecule has 2 heteroatoms. The van der Waals surface area contributed by atoms with Crippen LogP contribution in [0.15, 0.2) is 273 Å². The second-order valence-electron chi connectivity index (χ2n) is 18.0. The Balaban J connectivity index is 1.03. The van der Waals surface area contributed by atoms with Gasteiger partial charge in [-0.25, -0.2) is 0 Å². The fourth-order valence-corrected chi connectivity index (χ4v) is 11.8. The topological polar surface area (TPSA) is 3.24 Å². The second kappa shape index (κ2) is 17.7. The molecule has 1 heterocycles. The minimum Gasteiger partial charge on any atom is -0.310 e. The summed E-state index contributed by atoms with van der Waals surface area (Å²) in [6, 6.07) is 100. The molecule has 328 valence electrons. The lowest BCUT2D eigenvalue weighted by Gasteiger charge is -2.28. The summed E-state index contributed by atoms with van der Waals surface area (Å²) < 4.78 is 2.61. The first-order valence-corrected chi connectivity index (χ1v) is 24.8. The summed E-state index contributed by atoms with van der Waals surface area (Å²) in [4.78, 5) is 2.45. The number of hydrogen-bond donors (Lipinski definition) is 0. The van der Waals surface area contributed by atoms with Gasteiger partial charge in [0.05, 0.1) is 0 Å². The van der Waals surface area contributed by atoms with Crippen LogP contribution in [-0.2, 0) is 0 Å². The number of thiophene rings is 1. The van der Waals surface area contributed by atoms with E-state index in [0.29, 0.717) is 0 Å². The average molecular weight is 908 g/mol. The smallest absolute Gasteiger partial charge is 0.0473 e. The molecule has 0 aliphatic rings. The van der Waals surface area contributed by atoms with Crippen LogP contribution in [0.1, 0.15) is 0 Å². The van der Waals surface area contributed by atoms with Gasteiger partial charge in [-0.05, 0) is 143 Å². The molecule has 13 aromatic rings. The van der Waals surface area contributed by atoms with E-state index in [2.05, 4.69) is 278 Å². The molecular weight excluding hydrogens is 863 g/mol. The molecule has 0 radical (unpaired) electrons. The molecular formula is C68H45NS. The Morgan fingerprint density at radius 2 is 0.671 bits per heavy atom. The van der Waals surface area contributed by atoms with Crippen LogP contribution in [-0.4, -0.2) is 0 Å². The molecule has 13 rings (SSSR count). The highest BCUT2D eigenvalue weighted by Gasteiger charge is 2.21. The summed E-state index contributed by atoms with van der Waals surface area (Å²) in [5, 5.41) is 7.58. The number of fused-ring (bicyclic) bond motifs is 6. The van der Waals surface area contributed by atoms with Gasteiger partial charge in [-0.2, -0.15) is 0 Å². The van der Waals surface area contributed by atoms with Gasteiger partial charge >= 0.3 is 0 Å². The van der Waals surface area contributed by atoms with E-state index in [9.17, 15) is 0 Å². The molecule has 0 amide bonds. The number of hydrogen-bond acceptors (Lipinski definition) is 2. The highest BCUT2D eigenvalue weighted by Crippen LogP contribution is 2.48. The van der Waals surface area contributed by atoms with E-state index in [-0.39, 0.29) is 0 Å². The van der Waals surface area contributed by atoms with Crippen LogP contribution in [0.5, 0.6) is 0 Å². The molecule has 0 unspecified atom stereocenters. The lowest BCUT2D eigenvalue weighted by molar-refractivity contribution is 1.28. The molecule has 0 bridgehead atoms. The van der Waals surface area contributed by atoms with E-state index in [4.69, 9.17) is 0 Å². The van der Waals surface area contributed by atoms with Crippen LogP contribution >= 0.6 is 11.3 Å². The quantitative estimate of drug-likeness (QED) is 0.130. The number of rotatable bonds is 9. The van der Waals surface area contributed by atoms with Crippen LogP contribution in [0.3, 0.4) is 0 Å². The number of benzene rings is 12. The van der Waals surface area contributed by atoms with Crippen molar-refractivity contribution in [1.29, 1.82) is 0 Å². The van der Waals surface area contributed by atoms with Crippen molar-refractivity contribution in [3.8, 4) is 66.8 Å². The fourth-order valence-electron chi connectivity index (χ4n) is 10.6. The lowest BCUT2D eigenvalue weighted by Crippen LogP contribution is -2.10. The first-order valence-electron chi connectivity index (χ1n) is 24.0. The van der Waals surface area contributed by atoms with Gasteiger partial charge in [0, 0.05) is 37.2 Å². The van der Waals surface area contributed by atoms with Crippen molar-refractivity contribution in [2.45, 2.75) is 0 Å². The van der Waals surface area contributed by atoms with Crippen molar-refractivity contribution in [2.24, 2.45) is 0 Å². The van der Waals surface area contributed by atoms with Crippen molar-refractivity contribution in [1.82, 2.24) is 0 Å². The first kappa shape index (κ1) is 41.4. The van der Waals surface area contributed by atoms with Crippen LogP contribution in [0.4, 0.5) is 17.1 Å². The summed E-state index contributed by atoms with van der Waals surface area (Å²) in [6.07, 6.45) is 0. The van der Waals surface area contributed by atoms with Crippen LogP contribution in [0.25, 0.3) is 108 Å². The molecule has 0 fully saturated rings. The average Bonchev–Trinajstić information content (AvgIpc) is 3.83. The van der Waals surface area contributed by atoms with Crippen molar-refractivity contribution in [2.75, 3.05) is 4.90 Å². The highest BCUT2D eigenvalue weighted by molar-refractivity contribution is 7.26. The van der Waals surface area contributed by atoms with Gasteiger partial charge in [-0.15, -0.1) is 11.3 Å². The molecule has 1 aromatic heterocycles. The predicted octanol–water partition coefficient (Wildman–Crippen LogP) is 19.8. The zero-order valence-electron chi connectivity index (χ0n) is 38.3. The summed E-state index contributed by atoms with van der Waals surface area (Å²) in [5.74, 6) is 0. The van der Waals surface area contributed by atoms with Crippen molar-refractivity contribution < 1.29 is 0 Å². The Labute approximate surface area is 412 Å². The Morgan fingerprint density at radius 3 is 1.31 bits per heavy atom. The Morgan fingerprint density at radius 1 is 0.229 bits per heavy atom. The van der Waals surface area contributed by atoms with E-state index in [1.54, 1.807) is 0 Å². The zero-order valence-corrected chi connectivity index (χ0v) is 39.2. The lowest BCUT2D eigenvalue weighted by atomic mass is 9.84. The SMILES string of the molecule is c1ccc(-c2cc(-c3ccccc3)cc(N(c3cccc(-c4ccc5c(c4)c(-c4ccccc4)c(-c4ccccc4)c4ccccc45)c3)c3cccc(-c4cccc5c4sc4ccccc45)c3)c2)cc1. The second-order valence-corrected chi connectivity index (χ2v) is 19.1. The van der Waals surface area contributed by atoms with E-state index < -0.39 is 0 Å². The van der Waals surface area contributed by atoms with Gasteiger partial charge in [0.15, 0.2) is 0 Å². The normalized spacial score (nSPS) is 11.4. The molecule has 0 atom stereocenters. The van der Waals surface area contributed by atoms with E-state index in [1.807, 2.05) is 11.3 Å². The summed E-state index contributed by atoms with van der Waals surface area (Å²) in [5.41, 5.74) is 17.6. The molecule has 0 aliphatic heterocycles. The largest absolute Gasteiger partial charge is 0.310 e. The van der Waals surface area contributed by atoms with Crippen LogP contribution in [0.2, 0.25) is 0 Å². The molecule has 0 saturated carbocycles. The molecule has 0 spiro atoms. The van der Waals surface area contributed by atoms with Crippen LogP contribution in [0, 0.1) is 0 Å². The summed E-state index contributed by atoms with van der Waals surface area (Å²) in [7, 11) is 0. The Hall–Kier alpha value is -8.82. The summed E-state index contributed by atoms with van der Waals surface area (Å²) in [6.45, 7) is 0. The molecule has 70 heavy (non-hydrogen) atoms. The third kappa shape index (κ3) is 7.43. The number of nitrogens with zero attached hydrogens (tertiary/aromatic N) is 1. The van der Waals surface area contributed by atoms with Gasteiger partial charge in [0.1, 0.15) is 0 Å². The maximum Gasteiger partial charge on any atom is 0.0473 e.